The van der Waals surface area contributed by atoms with E-state index >= 15 is 0 Å². The third kappa shape index (κ3) is 4.28. The topological polar surface area (TPSA) is 61.4 Å². The lowest BCUT2D eigenvalue weighted by molar-refractivity contribution is -0.127. The Morgan fingerprint density at radius 3 is 2.95 bits per heavy atom. The molecule has 0 aromatic carbocycles. The smallest absolute Gasteiger partial charge is 0.239 e. The summed E-state index contributed by atoms with van der Waals surface area (Å²) in [5.41, 5.74) is 1.33. The molecule has 5 nitrogen and oxygen atoms in total. The number of fused-ring (bicyclic) bond motifs is 1. The van der Waals surface area contributed by atoms with Crippen LogP contribution in [0, 0.1) is 0 Å². The molecule has 0 radical (unpaired) electrons. The van der Waals surface area contributed by atoms with E-state index in [0.717, 1.165) is 19.4 Å². The highest BCUT2D eigenvalue weighted by Gasteiger charge is 2.26. The van der Waals surface area contributed by atoms with Crippen molar-refractivity contribution in [3.05, 3.63) is 21.9 Å². The molecule has 0 bridgehead atoms. The second-order valence-corrected chi connectivity index (χ2v) is 6.32. The van der Waals surface area contributed by atoms with Gasteiger partial charge in [0.1, 0.15) is 0 Å². The molecule has 1 aromatic rings. The fourth-order valence-electron chi connectivity index (χ4n) is 2.52. The zero-order valence-electron chi connectivity index (χ0n) is 12.6. The van der Waals surface area contributed by atoms with Gasteiger partial charge in [0.05, 0.1) is 13.1 Å². The molecule has 0 saturated heterocycles. The van der Waals surface area contributed by atoms with Crippen LogP contribution in [-0.4, -0.2) is 42.9 Å². The van der Waals surface area contributed by atoms with Crippen molar-refractivity contribution in [3.63, 3.8) is 0 Å². The second-order valence-electron chi connectivity index (χ2n) is 5.32. The highest BCUT2D eigenvalue weighted by molar-refractivity contribution is 7.10. The number of thiophene rings is 1. The van der Waals surface area contributed by atoms with Gasteiger partial charge in [-0.05, 0) is 36.8 Å². The lowest BCUT2D eigenvalue weighted by Gasteiger charge is -2.32. The van der Waals surface area contributed by atoms with Gasteiger partial charge in [0, 0.05) is 24.0 Å². The number of nitrogens with zero attached hydrogens (tertiary/aromatic N) is 1. The summed E-state index contributed by atoms with van der Waals surface area (Å²) in [6.07, 6.45) is 1.90. The van der Waals surface area contributed by atoms with Crippen molar-refractivity contribution >= 4 is 23.2 Å². The molecule has 1 aromatic heterocycles. The third-order valence-electron chi connectivity index (χ3n) is 3.77. The summed E-state index contributed by atoms with van der Waals surface area (Å²) in [7, 11) is 0. The first-order valence-electron chi connectivity index (χ1n) is 7.45. The number of carbonyl (C=O) groups is 2. The van der Waals surface area contributed by atoms with Crippen LogP contribution in [-0.2, 0) is 16.0 Å². The molecule has 1 atom stereocenters. The molecule has 6 heteroatoms. The van der Waals surface area contributed by atoms with Crippen molar-refractivity contribution in [1.29, 1.82) is 0 Å². The Balaban J connectivity index is 1.77. The SMILES string of the molecule is CCCNC(=O)CNC(=O)CN1CCc2sccc2[C@@H]1C. The number of hydrogen-bond acceptors (Lipinski definition) is 4. The van der Waals surface area contributed by atoms with Crippen LogP contribution in [0.25, 0.3) is 0 Å². The lowest BCUT2D eigenvalue weighted by Crippen LogP contribution is -2.44. The predicted molar refractivity (Wildman–Crippen MR) is 84.3 cm³/mol. The third-order valence-corrected chi connectivity index (χ3v) is 4.77. The van der Waals surface area contributed by atoms with Crippen molar-refractivity contribution in [2.75, 3.05) is 26.2 Å². The Morgan fingerprint density at radius 2 is 2.19 bits per heavy atom. The highest BCUT2D eigenvalue weighted by Crippen LogP contribution is 2.32. The maximum absolute atomic E-state index is 12.0. The van der Waals surface area contributed by atoms with Gasteiger partial charge in [0.2, 0.25) is 11.8 Å². The van der Waals surface area contributed by atoms with Crippen molar-refractivity contribution < 1.29 is 9.59 Å². The van der Waals surface area contributed by atoms with Crippen LogP contribution in [0.15, 0.2) is 11.4 Å². The maximum atomic E-state index is 12.0. The summed E-state index contributed by atoms with van der Waals surface area (Å²) in [5, 5.41) is 7.54. The monoisotopic (exact) mass is 309 g/mol. The lowest BCUT2D eigenvalue weighted by atomic mass is 10.0. The molecule has 1 aliphatic heterocycles. The van der Waals surface area contributed by atoms with Gasteiger partial charge in [0.25, 0.3) is 0 Å². The van der Waals surface area contributed by atoms with Crippen molar-refractivity contribution in [2.45, 2.75) is 32.7 Å². The molecule has 21 heavy (non-hydrogen) atoms. The number of carbonyl (C=O) groups excluding carboxylic acids is 2. The normalized spacial score (nSPS) is 18.1. The van der Waals surface area contributed by atoms with Gasteiger partial charge in [0.15, 0.2) is 0 Å². The molecule has 1 aliphatic rings. The Hall–Kier alpha value is -1.40. The van der Waals surface area contributed by atoms with E-state index in [1.807, 2.05) is 6.92 Å². The molecular formula is C15H23N3O2S. The first-order valence-corrected chi connectivity index (χ1v) is 8.33. The summed E-state index contributed by atoms with van der Waals surface area (Å²) in [6.45, 7) is 6.08. The molecule has 2 amide bonds. The van der Waals surface area contributed by atoms with Gasteiger partial charge in [-0.2, -0.15) is 0 Å². The minimum absolute atomic E-state index is 0.0603. The van der Waals surface area contributed by atoms with Crippen LogP contribution in [0.4, 0.5) is 0 Å². The van der Waals surface area contributed by atoms with Gasteiger partial charge in [-0.15, -0.1) is 11.3 Å². The second kappa shape index (κ2) is 7.56. The molecule has 2 heterocycles. The molecule has 2 rings (SSSR count). The summed E-state index contributed by atoms with van der Waals surface area (Å²) in [4.78, 5) is 27.0. The van der Waals surface area contributed by atoms with Gasteiger partial charge in [-0.3, -0.25) is 14.5 Å². The maximum Gasteiger partial charge on any atom is 0.239 e. The van der Waals surface area contributed by atoms with Crippen LogP contribution in [0.5, 0.6) is 0 Å². The van der Waals surface area contributed by atoms with E-state index in [1.165, 1.54) is 10.4 Å². The van der Waals surface area contributed by atoms with E-state index in [1.54, 1.807) is 11.3 Å². The predicted octanol–water partition coefficient (Wildman–Crippen LogP) is 1.31. The van der Waals surface area contributed by atoms with E-state index in [2.05, 4.69) is 33.9 Å². The summed E-state index contributed by atoms with van der Waals surface area (Å²) >= 11 is 1.79. The average molecular weight is 309 g/mol. The molecular weight excluding hydrogens is 286 g/mol. The van der Waals surface area contributed by atoms with Gasteiger partial charge in [-0.1, -0.05) is 6.92 Å². The number of amides is 2. The highest BCUT2D eigenvalue weighted by atomic mass is 32.1. The Kier molecular flexibility index (Phi) is 5.76. The summed E-state index contributed by atoms with van der Waals surface area (Å²) in [5.74, 6) is -0.218. The van der Waals surface area contributed by atoms with E-state index in [-0.39, 0.29) is 24.4 Å². The zero-order valence-corrected chi connectivity index (χ0v) is 13.5. The van der Waals surface area contributed by atoms with E-state index < -0.39 is 0 Å². The number of hydrogen-bond donors (Lipinski definition) is 2. The first kappa shape index (κ1) is 16.0. The Labute approximate surface area is 129 Å². The van der Waals surface area contributed by atoms with Crippen molar-refractivity contribution in [2.24, 2.45) is 0 Å². The average Bonchev–Trinajstić information content (AvgIpc) is 2.95. The van der Waals surface area contributed by atoms with Gasteiger partial charge in [-0.25, -0.2) is 0 Å². The van der Waals surface area contributed by atoms with Gasteiger partial charge < -0.3 is 10.6 Å². The molecule has 0 aliphatic carbocycles. The van der Waals surface area contributed by atoms with E-state index in [4.69, 9.17) is 0 Å². The zero-order chi connectivity index (χ0) is 15.2. The molecule has 116 valence electrons. The largest absolute Gasteiger partial charge is 0.355 e. The van der Waals surface area contributed by atoms with Crippen molar-refractivity contribution in [1.82, 2.24) is 15.5 Å². The van der Waals surface area contributed by atoms with E-state index in [9.17, 15) is 9.59 Å². The number of nitrogens with one attached hydrogen (secondary N) is 2. The van der Waals surface area contributed by atoms with Crippen LogP contribution in [0.2, 0.25) is 0 Å². The van der Waals surface area contributed by atoms with Gasteiger partial charge >= 0.3 is 0 Å². The molecule has 2 N–H and O–H groups in total. The van der Waals surface area contributed by atoms with E-state index in [0.29, 0.717) is 13.1 Å². The minimum atomic E-state index is -0.128. The quantitative estimate of drug-likeness (QED) is 0.833. The molecule has 0 saturated carbocycles. The van der Waals surface area contributed by atoms with Crippen molar-refractivity contribution in [3.8, 4) is 0 Å². The summed E-state index contributed by atoms with van der Waals surface area (Å²) < 4.78 is 0. The molecule has 0 spiro atoms. The molecule has 0 fully saturated rings. The Morgan fingerprint density at radius 1 is 1.38 bits per heavy atom. The van der Waals surface area contributed by atoms with Crippen LogP contribution in [0.3, 0.4) is 0 Å². The molecule has 0 unspecified atom stereocenters. The fourth-order valence-corrected chi connectivity index (χ4v) is 3.49. The van der Waals surface area contributed by atoms with Crippen LogP contribution in [0.1, 0.15) is 36.8 Å². The van der Waals surface area contributed by atoms with Crippen LogP contribution >= 0.6 is 11.3 Å². The summed E-state index contributed by atoms with van der Waals surface area (Å²) in [6, 6.07) is 2.41. The fraction of sp³-hybridized carbons (Fsp3) is 0.600. The van der Waals surface area contributed by atoms with Crippen LogP contribution < -0.4 is 10.6 Å². The first-order chi connectivity index (χ1) is 10.1. The number of rotatable bonds is 6. The minimum Gasteiger partial charge on any atom is -0.355 e. The standard InChI is InChI=1S/C15H23N3O2S/c1-3-6-16-14(19)9-17-15(20)10-18-7-4-13-12(11(18)2)5-8-21-13/h5,8,11H,3-4,6-7,9-10H2,1-2H3,(H,16,19)(H,17,20)/t11-/m0/s1. The Bertz CT molecular complexity index is 501.